The molecular weight excluding hydrogens is 378 g/mol. The summed E-state index contributed by atoms with van der Waals surface area (Å²) in [6.45, 7) is 0. The standard InChI is InChI=1S/C18H16ClNO5S/c1-24-17(22)11-6-7-12-13(11)14(18(23)25-2)16(26-12)20-15(21)9-4-3-5-10(19)8-9/h3-5,8,11H,6-7H2,1-2H3,(H,20,21)/t11-/m1/s1. The fraction of sp³-hybridized carbons (Fsp3) is 0.278. The highest BCUT2D eigenvalue weighted by Crippen LogP contribution is 2.46. The third kappa shape index (κ3) is 3.32. The largest absolute Gasteiger partial charge is 0.469 e. The first-order valence-electron chi connectivity index (χ1n) is 7.84. The monoisotopic (exact) mass is 393 g/mol. The van der Waals surface area contributed by atoms with Crippen molar-refractivity contribution in [3.63, 3.8) is 0 Å². The summed E-state index contributed by atoms with van der Waals surface area (Å²) in [5, 5.41) is 3.54. The van der Waals surface area contributed by atoms with Crippen molar-refractivity contribution in [3.05, 3.63) is 50.9 Å². The van der Waals surface area contributed by atoms with Crippen LogP contribution >= 0.6 is 22.9 Å². The Bertz CT molecular complexity index is 892. The number of methoxy groups -OCH3 is 2. The van der Waals surface area contributed by atoms with E-state index in [1.54, 1.807) is 18.2 Å². The summed E-state index contributed by atoms with van der Waals surface area (Å²) in [6, 6.07) is 6.49. The minimum Gasteiger partial charge on any atom is -0.469 e. The van der Waals surface area contributed by atoms with E-state index in [1.165, 1.54) is 31.6 Å². The molecule has 136 valence electrons. The summed E-state index contributed by atoms with van der Waals surface area (Å²) >= 11 is 7.20. The molecule has 6 nitrogen and oxygen atoms in total. The van der Waals surface area contributed by atoms with Crippen molar-refractivity contribution in [2.45, 2.75) is 18.8 Å². The molecule has 8 heteroatoms. The molecule has 26 heavy (non-hydrogen) atoms. The van der Waals surface area contributed by atoms with Gasteiger partial charge in [0.05, 0.1) is 25.7 Å². The third-order valence-electron chi connectivity index (χ3n) is 4.22. The molecule has 3 rings (SSSR count). The average Bonchev–Trinajstić information content (AvgIpc) is 3.19. The van der Waals surface area contributed by atoms with Gasteiger partial charge in [0.25, 0.3) is 5.91 Å². The van der Waals surface area contributed by atoms with Crippen LogP contribution in [0.4, 0.5) is 5.00 Å². The molecule has 1 atom stereocenters. The number of carbonyl (C=O) groups is 3. The van der Waals surface area contributed by atoms with Gasteiger partial charge in [-0.05, 0) is 36.6 Å². The Balaban J connectivity index is 1.99. The number of thiophene rings is 1. The molecule has 0 fully saturated rings. The van der Waals surface area contributed by atoms with E-state index in [2.05, 4.69) is 5.32 Å². The molecule has 1 aliphatic carbocycles. The number of nitrogens with one attached hydrogen (secondary N) is 1. The fourth-order valence-corrected chi connectivity index (χ4v) is 4.49. The zero-order chi connectivity index (χ0) is 18.8. The van der Waals surface area contributed by atoms with Crippen molar-refractivity contribution in [2.75, 3.05) is 19.5 Å². The van der Waals surface area contributed by atoms with E-state index < -0.39 is 23.8 Å². The maximum absolute atomic E-state index is 12.5. The molecule has 1 N–H and O–H groups in total. The Kier molecular flexibility index (Phi) is 5.29. The first kappa shape index (κ1) is 18.4. The predicted octanol–water partition coefficient (Wildman–Crippen LogP) is 3.64. The number of carbonyl (C=O) groups excluding carboxylic acids is 3. The Morgan fingerprint density at radius 2 is 2.00 bits per heavy atom. The molecule has 1 aromatic carbocycles. The molecule has 0 spiro atoms. The third-order valence-corrected chi connectivity index (χ3v) is 5.64. The number of rotatable bonds is 4. The number of anilines is 1. The summed E-state index contributed by atoms with van der Waals surface area (Å²) in [5.41, 5.74) is 1.18. The highest BCUT2D eigenvalue weighted by atomic mass is 35.5. The van der Waals surface area contributed by atoms with Crippen LogP contribution in [-0.4, -0.2) is 32.1 Å². The zero-order valence-corrected chi connectivity index (χ0v) is 15.7. The van der Waals surface area contributed by atoms with Gasteiger partial charge in [-0.3, -0.25) is 9.59 Å². The molecule has 1 aliphatic rings. The normalized spacial score (nSPS) is 15.3. The molecule has 1 amide bonds. The van der Waals surface area contributed by atoms with Crippen molar-refractivity contribution in [1.29, 1.82) is 0 Å². The van der Waals surface area contributed by atoms with Crippen molar-refractivity contribution < 1.29 is 23.9 Å². The van der Waals surface area contributed by atoms with Crippen LogP contribution < -0.4 is 5.32 Å². The van der Waals surface area contributed by atoms with Crippen LogP contribution in [0.3, 0.4) is 0 Å². The predicted molar refractivity (Wildman–Crippen MR) is 98.1 cm³/mol. The lowest BCUT2D eigenvalue weighted by Crippen LogP contribution is -2.17. The molecular formula is C18H16ClNO5S. The molecule has 0 saturated heterocycles. The summed E-state index contributed by atoms with van der Waals surface area (Å²) < 4.78 is 9.72. The lowest BCUT2D eigenvalue weighted by atomic mass is 9.99. The number of hydrogen-bond donors (Lipinski definition) is 1. The van der Waals surface area contributed by atoms with Crippen molar-refractivity contribution in [1.82, 2.24) is 0 Å². The van der Waals surface area contributed by atoms with Crippen LogP contribution in [0.15, 0.2) is 24.3 Å². The minimum absolute atomic E-state index is 0.218. The Morgan fingerprint density at radius 1 is 1.23 bits per heavy atom. The number of aryl methyl sites for hydroxylation is 1. The number of benzene rings is 1. The number of halogens is 1. The van der Waals surface area contributed by atoms with Crippen LogP contribution in [0.5, 0.6) is 0 Å². The van der Waals surface area contributed by atoms with Gasteiger partial charge in [0.2, 0.25) is 0 Å². The number of amides is 1. The van der Waals surface area contributed by atoms with E-state index >= 15 is 0 Å². The Hall–Kier alpha value is -2.38. The fourth-order valence-electron chi connectivity index (χ4n) is 3.04. The highest BCUT2D eigenvalue weighted by molar-refractivity contribution is 7.17. The number of hydrogen-bond acceptors (Lipinski definition) is 6. The van der Waals surface area contributed by atoms with Crippen LogP contribution in [0.25, 0.3) is 0 Å². The molecule has 1 aromatic heterocycles. The van der Waals surface area contributed by atoms with Gasteiger partial charge in [-0.2, -0.15) is 0 Å². The van der Waals surface area contributed by atoms with Crippen molar-refractivity contribution in [3.8, 4) is 0 Å². The smallest absolute Gasteiger partial charge is 0.341 e. The van der Waals surface area contributed by atoms with Gasteiger partial charge in [-0.15, -0.1) is 11.3 Å². The highest BCUT2D eigenvalue weighted by Gasteiger charge is 2.38. The summed E-state index contributed by atoms with van der Waals surface area (Å²) in [5.74, 6) is -1.93. The maximum atomic E-state index is 12.5. The summed E-state index contributed by atoms with van der Waals surface area (Å²) in [7, 11) is 2.57. The molecule has 0 radical (unpaired) electrons. The van der Waals surface area contributed by atoms with Gasteiger partial charge >= 0.3 is 11.9 Å². The molecule has 1 heterocycles. The van der Waals surface area contributed by atoms with Crippen LogP contribution in [-0.2, 0) is 20.7 Å². The van der Waals surface area contributed by atoms with Gasteiger partial charge in [0, 0.05) is 15.5 Å². The second kappa shape index (κ2) is 7.47. The first-order valence-corrected chi connectivity index (χ1v) is 9.04. The van der Waals surface area contributed by atoms with Crippen LogP contribution in [0.2, 0.25) is 5.02 Å². The van der Waals surface area contributed by atoms with Crippen molar-refractivity contribution in [2.24, 2.45) is 0 Å². The molecule has 0 bridgehead atoms. The molecule has 0 saturated carbocycles. The topological polar surface area (TPSA) is 81.7 Å². The van der Waals surface area contributed by atoms with E-state index in [4.69, 9.17) is 21.1 Å². The van der Waals surface area contributed by atoms with E-state index in [0.717, 1.165) is 4.88 Å². The quantitative estimate of drug-likeness (QED) is 0.802. The first-order chi connectivity index (χ1) is 12.5. The second-order valence-corrected chi connectivity index (χ2v) is 7.26. The lowest BCUT2D eigenvalue weighted by molar-refractivity contribution is -0.142. The molecule has 0 aliphatic heterocycles. The minimum atomic E-state index is -0.598. The zero-order valence-electron chi connectivity index (χ0n) is 14.1. The van der Waals surface area contributed by atoms with Gasteiger partial charge < -0.3 is 14.8 Å². The molecule has 2 aromatic rings. The molecule has 0 unspecified atom stereocenters. The van der Waals surface area contributed by atoms with Gasteiger partial charge in [0.15, 0.2) is 0 Å². The summed E-state index contributed by atoms with van der Waals surface area (Å²) in [4.78, 5) is 37.8. The Morgan fingerprint density at radius 3 is 2.65 bits per heavy atom. The van der Waals surface area contributed by atoms with Gasteiger partial charge in [0.1, 0.15) is 5.00 Å². The van der Waals surface area contributed by atoms with E-state index in [-0.39, 0.29) is 5.56 Å². The van der Waals surface area contributed by atoms with E-state index in [1.807, 2.05) is 0 Å². The number of ether oxygens (including phenoxy) is 2. The van der Waals surface area contributed by atoms with Gasteiger partial charge in [-0.25, -0.2) is 4.79 Å². The van der Waals surface area contributed by atoms with Gasteiger partial charge in [-0.1, -0.05) is 17.7 Å². The number of esters is 2. The van der Waals surface area contributed by atoms with E-state index in [0.29, 0.717) is 34.0 Å². The Labute approximate surface area is 159 Å². The van der Waals surface area contributed by atoms with Crippen LogP contribution in [0.1, 0.15) is 43.5 Å². The average molecular weight is 394 g/mol. The maximum Gasteiger partial charge on any atom is 0.341 e. The SMILES string of the molecule is COC(=O)c1c(NC(=O)c2cccc(Cl)c2)sc2c1[C@H](C(=O)OC)CC2. The van der Waals surface area contributed by atoms with E-state index in [9.17, 15) is 14.4 Å². The summed E-state index contributed by atoms with van der Waals surface area (Å²) in [6.07, 6.45) is 1.21. The van der Waals surface area contributed by atoms with Crippen molar-refractivity contribution >= 4 is 45.8 Å². The second-order valence-electron chi connectivity index (χ2n) is 5.71. The number of fused-ring (bicyclic) bond motifs is 1. The van der Waals surface area contributed by atoms with Crippen LogP contribution in [0, 0.1) is 0 Å². The lowest BCUT2D eigenvalue weighted by Gasteiger charge is -2.11.